The third-order valence-corrected chi connectivity index (χ3v) is 5.03. The second kappa shape index (κ2) is 16.4. The monoisotopic (exact) mass is 496 g/mol. The van der Waals surface area contributed by atoms with Gasteiger partial charge in [0, 0.05) is 17.8 Å². The van der Waals surface area contributed by atoms with Gasteiger partial charge in [-0.25, -0.2) is 4.79 Å². The van der Waals surface area contributed by atoms with Crippen molar-refractivity contribution in [2.45, 2.75) is 71.5 Å². The zero-order valence-electron chi connectivity index (χ0n) is 20.9. The molecule has 0 aliphatic carbocycles. The molecule has 198 valence electrons. The standard InChI is InChI=1S/C17H34N4O4.C6H6N2O2/c1-10(2)9-13(21-16(23)14(19)11(3)4)15(22)20-12(17(24)25)7-5-6-8-18;7-5-1-3-6(4-2-5)8(9)10/h10-14H,5-9,18-19H2,1-4H3,(H,20,22)(H,21,23)(H,24,25);1-4H,7H2/t12-,13-,14+;/m0./s1. The molecule has 0 bridgehead atoms. The molecule has 0 saturated carbocycles. The van der Waals surface area contributed by atoms with Gasteiger partial charge in [-0.2, -0.15) is 0 Å². The van der Waals surface area contributed by atoms with E-state index in [2.05, 4.69) is 10.6 Å². The van der Waals surface area contributed by atoms with Crippen LogP contribution in [0.25, 0.3) is 0 Å². The highest BCUT2D eigenvalue weighted by Crippen LogP contribution is 2.12. The first kappa shape index (κ1) is 31.8. The molecule has 2 amide bonds. The van der Waals surface area contributed by atoms with Gasteiger partial charge in [-0.15, -0.1) is 0 Å². The molecule has 0 spiro atoms. The highest BCUT2D eigenvalue weighted by Gasteiger charge is 2.28. The van der Waals surface area contributed by atoms with Crippen molar-refractivity contribution < 1.29 is 24.4 Å². The lowest BCUT2D eigenvalue weighted by molar-refractivity contribution is -0.384. The van der Waals surface area contributed by atoms with Crippen molar-refractivity contribution >= 4 is 29.2 Å². The zero-order chi connectivity index (χ0) is 27.1. The molecule has 0 aliphatic rings. The first-order valence-electron chi connectivity index (χ1n) is 11.6. The Labute approximate surface area is 206 Å². The number of carboxylic acids is 1. The van der Waals surface area contributed by atoms with Crippen LogP contribution in [0, 0.1) is 22.0 Å². The molecule has 0 unspecified atom stereocenters. The summed E-state index contributed by atoms with van der Waals surface area (Å²) in [5, 5.41) is 24.5. The molecule has 0 fully saturated rings. The molecule has 1 aromatic carbocycles. The van der Waals surface area contributed by atoms with Crippen LogP contribution < -0.4 is 27.8 Å². The van der Waals surface area contributed by atoms with Crippen molar-refractivity contribution in [3.05, 3.63) is 34.4 Å². The molecule has 1 rings (SSSR count). The van der Waals surface area contributed by atoms with Gasteiger partial charge in [0.2, 0.25) is 11.8 Å². The molecule has 9 N–H and O–H groups in total. The summed E-state index contributed by atoms with van der Waals surface area (Å²) in [5.74, 6) is -1.93. The molecule has 3 atom stereocenters. The Bertz CT molecular complexity index is 815. The summed E-state index contributed by atoms with van der Waals surface area (Å²) in [7, 11) is 0. The number of nitro benzene ring substituents is 1. The predicted molar refractivity (Wildman–Crippen MR) is 134 cm³/mol. The number of nitrogens with zero attached hydrogens (tertiary/aromatic N) is 1. The van der Waals surface area contributed by atoms with Gasteiger partial charge in [0.1, 0.15) is 12.1 Å². The van der Waals surface area contributed by atoms with E-state index in [9.17, 15) is 29.6 Å². The van der Waals surface area contributed by atoms with Gasteiger partial charge < -0.3 is 32.9 Å². The highest BCUT2D eigenvalue weighted by molar-refractivity contribution is 5.91. The van der Waals surface area contributed by atoms with Crippen LogP contribution in [0.1, 0.15) is 53.4 Å². The minimum atomic E-state index is -1.10. The molecule has 0 aromatic heterocycles. The third kappa shape index (κ3) is 13.3. The normalized spacial score (nSPS) is 13.3. The molecule has 0 aliphatic heterocycles. The Morgan fingerprint density at radius 1 is 1.00 bits per heavy atom. The number of unbranched alkanes of at least 4 members (excludes halogenated alkanes) is 1. The van der Waals surface area contributed by atoms with E-state index in [0.29, 0.717) is 37.9 Å². The number of hydrogen-bond acceptors (Lipinski definition) is 8. The lowest BCUT2D eigenvalue weighted by Crippen LogP contribution is -2.55. The maximum absolute atomic E-state index is 12.5. The molecule has 1 aromatic rings. The molecule has 0 heterocycles. The molecular formula is C23H40N6O6. The van der Waals surface area contributed by atoms with E-state index in [-0.39, 0.29) is 17.5 Å². The number of non-ortho nitro benzene ring substituents is 1. The summed E-state index contributed by atoms with van der Waals surface area (Å²) in [6.45, 7) is 7.95. The van der Waals surface area contributed by atoms with Gasteiger partial charge in [-0.3, -0.25) is 19.7 Å². The van der Waals surface area contributed by atoms with E-state index in [0.717, 1.165) is 0 Å². The number of nitrogens with two attached hydrogens (primary N) is 3. The van der Waals surface area contributed by atoms with E-state index >= 15 is 0 Å². The lowest BCUT2D eigenvalue weighted by Gasteiger charge is -2.25. The second-order valence-electron chi connectivity index (χ2n) is 8.99. The van der Waals surface area contributed by atoms with Crippen molar-refractivity contribution in [2.75, 3.05) is 12.3 Å². The highest BCUT2D eigenvalue weighted by atomic mass is 16.6. The van der Waals surface area contributed by atoms with Gasteiger partial charge in [0.25, 0.3) is 5.69 Å². The van der Waals surface area contributed by atoms with Crippen LogP contribution in [-0.4, -0.2) is 52.5 Å². The number of nitrogens with one attached hydrogen (secondary N) is 2. The Kier molecular flexibility index (Phi) is 14.9. The van der Waals surface area contributed by atoms with E-state index < -0.39 is 40.8 Å². The van der Waals surface area contributed by atoms with E-state index in [4.69, 9.17) is 17.2 Å². The fourth-order valence-corrected chi connectivity index (χ4v) is 2.89. The van der Waals surface area contributed by atoms with Crippen LogP contribution in [0.2, 0.25) is 0 Å². The summed E-state index contributed by atoms with van der Waals surface area (Å²) in [4.78, 5) is 45.6. The number of amides is 2. The average molecular weight is 497 g/mol. The quantitative estimate of drug-likeness (QED) is 0.100. The maximum atomic E-state index is 12.5. The summed E-state index contributed by atoms with van der Waals surface area (Å²) in [6.07, 6.45) is 1.99. The molecule has 35 heavy (non-hydrogen) atoms. The van der Waals surface area contributed by atoms with Crippen LogP contribution in [-0.2, 0) is 14.4 Å². The van der Waals surface area contributed by atoms with Crippen molar-refractivity contribution in [1.82, 2.24) is 10.6 Å². The van der Waals surface area contributed by atoms with Crippen LogP contribution in [0.5, 0.6) is 0 Å². The summed E-state index contributed by atoms with van der Waals surface area (Å²) in [6, 6.07) is 3.21. The maximum Gasteiger partial charge on any atom is 0.326 e. The van der Waals surface area contributed by atoms with Crippen LogP contribution in [0.3, 0.4) is 0 Å². The number of carboxylic acid groups (broad SMARTS) is 1. The molecule has 12 heteroatoms. The zero-order valence-corrected chi connectivity index (χ0v) is 20.9. The topological polar surface area (TPSA) is 217 Å². The SMILES string of the molecule is CC(C)C[C@H](NC(=O)[C@H](N)C(C)C)C(=O)N[C@@H](CCCCN)C(=O)O.Nc1ccc([N+](=O)[O-])cc1. The van der Waals surface area contributed by atoms with E-state index in [1.165, 1.54) is 24.3 Å². The lowest BCUT2D eigenvalue weighted by atomic mass is 10.00. The predicted octanol–water partition coefficient (Wildman–Crippen LogP) is 1.38. The number of carbonyl (C=O) groups is 3. The number of rotatable bonds is 13. The number of nitro groups is 1. The fraction of sp³-hybridized carbons (Fsp3) is 0.609. The second-order valence-corrected chi connectivity index (χ2v) is 8.99. The first-order valence-corrected chi connectivity index (χ1v) is 11.6. The van der Waals surface area contributed by atoms with Crippen molar-refractivity contribution in [3.63, 3.8) is 0 Å². The number of hydrogen-bond donors (Lipinski definition) is 6. The Balaban J connectivity index is 0.000000952. The Morgan fingerprint density at radius 3 is 1.97 bits per heavy atom. The third-order valence-electron chi connectivity index (χ3n) is 5.03. The smallest absolute Gasteiger partial charge is 0.326 e. The van der Waals surface area contributed by atoms with Gasteiger partial charge in [0.05, 0.1) is 11.0 Å². The van der Waals surface area contributed by atoms with Gasteiger partial charge >= 0.3 is 5.97 Å². The van der Waals surface area contributed by atoms with Crippen molar-refractivity contribution in [3.8, 4) is 0 Å². The molecule has 0 saturated heterocycles. The minimum absolute atomic E-state index is 0.0641. The largest absolute Gasteiger partial charge is 0.480 e. The number of nitrogen functional groups attached to an aromatic ring is 1. The van der Waals surface area contributed by atoms with Crippen LogP contribution in [0.4, 0.5) is 11.4 Å². The first-order chi connectivity index (χ1) is 16.3. The Morgan fingerprint density at radius 2 is 1.54 bits per heavy atom. The van der Waals surface area contributed by atoms with Crippen LogP contribution in [0.15, 0.2) is 24.3 Å². The van der Waals surface area contributed by atoms with Crippen LogP contribution >= 0.6 is 0 Å². The molecular weight excluding hydrogens is 456 g/mol. The average Bonchev–Trinajstić information content (AvgIpc) is 2.77. The molecule has 12 nitrogen and oxygen atoms in total. The molecule has 0 radical (unpaired) electrons. The van der Waals surface area contributed by atoms with Gasteiger partial charge in [-0.05, 0) is 56.2 Å². The summed E-state index contributed by atoms with van der Waals surface area (Å²) >= 11 is 0. The van der Waals surface area contributed by atoms with E-state index in [1.54, 1.807) is 0 Å². The van der Waals surface area contributed by atoms with Crippen molar-refractivity contribution in [1.29, 1.82) is 0 Å². The summed E-state index contributed by atoms with van der Waals surface area (Å²) in [5.41, 5.74) is 17.1. The van der Waals surface area contributed by atoms with Gasteiger partial charge in [0.15, 0.2) is 0 Å². The Hall–Kier alpha value is -3.25. The van der Waals surface area contributed by atoms with Gasteiger partial charge in [-0.1, -0.05) is 27.7 Å². The van der Waals surface area contributed by atoms with Crippen molar-refractivity contribution in [2.24, 2.45) is 23.3 Å². The number of aliphatic carboxylic acids is 1. The minimum Gasteiger partial charge on any atom is -0.480 e. The number of anilines is 1. The number of carbonyl (C=O) groups excluding carboxylic acids is 2. The summed E-state index contributed by atoms with van der Waals surface area (Å²) < 4.78 is 0. The van der Waals surface area contributed by atoms with E-state index in [1.807, 2.05) is 27.7 Å². The fourth-order valence-electron chi connectivity index (χ4n) is 2.89. The number of benzene rings is 1.